The summed E-state index contributed by atoms with van der Waals surface area (Å²) in [5, 5.41) is 5.11. The third kappa shape index (κ3) is 6.48. The van der Waals surface area contributed by atoms with E-state index >= 15 is 0 Å². The number of anilines is 2. The molecule has 0 aliphatic rings. The van der Waals surface area contributed by atoms with E-state index in [9.17, 15) is 28.8 Å². The summed E-state index contributed by atoms with van der Waals surface area (Å²) in [5.41, 5.74) is 0.493. The van der Waals surface area contributed by atoms with E-state index in [1.54, 1.807) is 0 Å². The van der Waals surface area contributed by atoms with E-state index in [1.165, 1.54) is 89.1 Å². The number of ether oxygens (including phenoxy) is 4. The molecule has 0 aromatic heterocycles. The van der Waals surface area contributed by atoms with E-state index in [4.69, 9.17) is 9.47 Å². The van der Waals surface area contributed by atoms with Crippen molar-refractivity contribution in [2.24, 2.45) is 0 Å². The topological polar surface area (TPSA) is 163 Å². The number of hydrogen-bond donors (Lipinski definition) is 2. The van der Waals surface area contributed by atoms with Crippen molar-refractivity contribution in [3.05, 3.63) is 94.0 Å². The first-order valence-corrected chi connectivity index (χ1v) is 11.5. The van der Waals surface area contributed by atoms with Gasteiger partial charge in [-0.1, -0.05) is 0 Å². The Kier molecular flexibility index (Phi) is 9.31. The second-order valence-electron chi connectivity index (χ2n) is 7.97. The van der Waals surface area contributed by atoms with Crippen LogP contribution < -0.4 is 10.6 Å². The van der Waals surface area contributed by atoms with Crippen LogP contribution >= 0.6 is 0 Å². The first-order chi connectivity index (χ1) is 19.1. The molecule has 0 saturated carbocycles. The van der Waals surface area contributed by atoms with Crippen LogP contribution in [-0.4, -0.2) is 64.1 Å². The Morgan fingerprint density at radius 3 is 1.05 bits per heavy atom. The molecule has 206 valence electrons. The maximum absolute atomic E-state index is 12.9. The van der Waals surface area contributed by atoms with Gasteiger partial charge in [0.25, 0.3) is 11.8 Å². The maximum Gasteiger partial charge on any atom is 0.339 e. The van der Waals surface area contributed by atoms with Crippen LogP contribution in [-0.2, 0) is 18.9 Å². The summed E-state index contributed by atoms with van der Waals surface area (Å²) < 4.78 is 18.8. The molecule has 12 nitrogen and oxygen atoms in total. The number of esters is 4. The fraction of sp³-hybridized carbons (Fsp3) is 0.143. The van der Waals surface area contributed by atoms with Crippen LogP contribution in [0.1, 0.15) is 62.1 Å². The molecule has 3 rings (SSSR count). The van der Waals surface area contributed by atoms with Gasteiger partial charge in [0.1, 0.15) is 0 Å². The lowest BCUT2D eigenvalue weighted by Gasteiger charge is -2.13. The number of hydrogen-bond acceptors (Lipinski definition) is 10. The fourth-order valence-corrected chi connectivity index (χ4v) is 3.52. The number of carbonyl (C=O) groups is 6. The Morgan fingerprint density at radius 1 is 0.450 bits per heavy atom. The predicted octanol–water partition coefficient (Wildman–Crippen LogP) is 3.34. The summed E-state index contributed by atoms with van der Waals surface area (Å²) in [5.74, 6) is -4.09. The standard InChI is InChI=1S/C28H24N2O10/c1-37-25(33)17-9-11-19(27(35)39-3)21(13-17)29-23(31)15-5-7-16(8-6-15)24(32)30-22-14-18(26(34)38-2)10-12-20(22)28(36)40-4/h5-14H,1-4H3,(H,29,31)(H,30,32). The molecule has 0 aliphatic heterocycles. The third-order valence-electron chi connectivity index (χ3n) is 5.60. The van der Waals surface area contributed by atoms with Crippen molar-refractivity contribution in [2.75, 3.05) is 39.1 Å². The smallest absolute Gasteiger partial charge is 0.339 e. The van der Waals surface area contributed by atoms with Crippen molar-refractivity contribution in [1.29, 1.82) is 0 Å². The first kappa shape index (κ1) is 29.0. The number of amides is 2. The van der Waals surface area contributed by atoms with E-state index in [-0.39, 0.29) is 44.8 Å². The number of methoxy groups -OCH3 is 4. The Morgan fingerprint density at radius 2 is 0.750 bits per heavy atom. The van der Waals surface area contributed by atoms with Crippen LogP contribution in [0.25, 0.3) is 0 Å². The summed E-state index contributed by atoms with van der Waals surface area (Å²) in [7, 11) is 4.73. The minimum absolute atomic E-state index is 0.00935. The molecule has 0 saturated heterocycles. The van der Waals surface area contributed by atoms with Crippen LogP contribution in [0, 0.1) is 0 Å². The van der Waals surface area contributed by atoms with E-state index in [0.717, 1.165) is 0 Å². The van der Waals surface area contributed by atoms with Crippen molar-refractivity contribution in [1.82, 2.24) is 0 Å². The second-order valence-corrected chi connectivity index (χ2v) is 7.97. The zero-order valence-corrected chi connectivity index (χ0v) is 21.9. The van der Waals surface area contributed by atoms with Crippen molar-refractivity contribution < 1.29 is 47.7 Å². The Balaban J connectivity index is 1.84. The molecular formula is C28H24N2O10. The van der Waals surface area contributed by atoms with Crippen molar-refractivity contribution in [3.63, 3.8) is 0 Å². The lowest BCUT2D eigenvalue weighted by Crippen LogP contribution is -2.18. The Bertz CT molecular complexity index is 1380. The fourth-order valence-electron chi connectivity index (χ4n) is 3.52. The van der Waals surface area contributed by atoms with E-state index < -0.39 is 35.7 Å². The van der Waals surface area contributed by atoms with Gasteiger partial charge in [-0.2, -0.15) is 0 Å². The minimum atomic E-state index is -0.735. The quantitative estimate of drug-likeness (QED) is 0.315. The second kappa shape index (κ2) is 12.8. The summed E-state index contributed by atoms with van der Waals surface area (Å²) in [4.78, 5) is 73.9. The molecule has 0 heterocycles. The third-order valence-corrected chi connectivity index (χ3v) is 5.60. The monoisotopic (exact) mass is 548 g/mol. The van der Waals surface area contributed by atoms with Crippen molar-refractivity contribution in [3.8, 4) is 0 Å². The molecule has 0 bridgehead atoms. The zero-order chi connectivity index (χ0) is 29.4. The van der Waals surface area contributed by atoms with Gasteiger partial charge in [0, 0.05) is 11.1 Å². The van der Waals surface area contributed by atoms with Crippen LogP contribution in [0.15, 0.2) is 60.7 Å². The average molecular weight is 549 g/mol. The molecule has 3 aromatic rings. The highest BCUT2D eigenvalue weighted by Crippen LogP contribution is 2.23. The van der Waals surface area contributed by atoms with Gasteiger partial charge in [0.05, 0.1) is 62.1 Å². The summed E-state index contributed by atoms with van der Waals surface area (Å²) in [6.45, 7) is 0. The van der Waals surface area contributed by atoms with Crippen LogP contribution in [0.3, 0.4) is 0 Å². The normalized spacial score (nSPS) is 10.1. The van der Waals surface area contributed by atoms with Gasteiger partial charge in [-0.25, -0.2) is 19.2 Å². The van der Waals surface area contributed by atoms with Gasteiger partial charge in [0.2, 0.25) is 0 Å². The summed E-state index contributed by atoms with van der Waals surface area (Å²) in [6.07, 6.45) is 0. The van der Waals surface area contributed by atoms with Gasteiger partial charge in [0.15, 0.2) is 0 Å². The van der Waals surface area contributed by atoms with E-state index in [1.807, 2.05) is 0 Å². The molecule has 0 fully saturated rings. The lowest BCUT2D eigenvalue weighted by molar-refractivity contribution is 0.0587. The SMILES string of the molecule is COC(=O)c1ccc(C(=O)OC)c(NC(=O)c2ccc(C(=O)Nc3cc(C(=O)OC)ccc3C(=O)OC)cc2)c1. The Hall–Kier alpha value is -5.52. The van der Waals surface area contributed by atoms with Gasteiger partial charge < -0.3 is 29.6 Å². The highest BCUT2D eigenvalue weighted by molar-refractivity contribution is 6.11. The lowest BCUT2D eigenvalue weighted by atomic mass is 10.1. The molecule has 0 spiro atoms. The van der Waals surface area contributed by atoms with Gasteiger partial charge in [-0.05, 0) is 60.7 Å². The molecule has 2 N–H and O–H groups in total. The molecular weight excluding hydrogens is 524 g/mol. The van der Waals surface area contributed by atoms with Gasteiger partial charge in [-0.15, -0.1) is 0 Å². The number of nitrogens with one attached hydrogen (secondary N) is 2. The number of benzene rings is 3. The molecule has 12 heteroatoms. The highest BCUT2D eigenvalue weighted by Gasteiger charge is 2.20. The van der Waals surface area contributed by atoms with Crippen LogP contribution in [0.4, 0.5) is 11.4 Å². The highest BCUT2D eigenvalue weighted by atomic mass is 16.5. The van der Waals surface area contributed by atoms with E-state index in [0.29, 0.717) is 0 Å². The molecule has 0 unspecified atom stereocenters. The Labute approximate surface area is 228 Å². The van der Waals surface area contributed by atoms with Crippen LogP contribution in [0.2, 0.25) is 0 Å². The van der Waals surface area contributed by atoms with Crippen molar-refractivity contribution >= 4 is 47.1 Å². The molecule has 0 aliphatic carbocycles. The minimum Gasteiger partial charge on any atom is -0.465 e. The average Bonchev–Trinajstić information content (AvgIpc) is 2.99. The molecule has 2 amide bonds. The molecule has 0 atom stereocenters. The predicted molar refractivity (Wildman–Crippen MR) is 141 cm³/mol. The molecule has 40 heavy (non-hydrogen) atoms. The summed E-state index contributed by atoms with van der Waals surface area (Å²) >= 11 is 0. The summed E-state index contributed by atoms with van der Waals surface area (Å²) in [6, 6.07) is 13.3. The molecule has 3 aromatic carbocycles. The molecule has 0 radical (unpaired) electrons. The largest absolute Gasteiger partial charge is 0.465 e. The zero-order valence-electron chi connectivity index (χ0n) is 21.9. The van der Waals surface area contributed by atoms with Gasteiger partial charge >= 0.3 is 23.9 Å². The van der Waals surface area contributed by atoms with Crippen molar-refractivity contribution in [2.45, 2.75) is 0 Å². The number of rotatable bonds is 8. The van der Waals surface area contributed by atoms with Crippen LogP contribution in [0.5, 0.6) is 0 Å². The maximum atomic E-state index is 12.9. The first-order valence-electron chi connectivity index (χ1n) is 11.5. The van der Waals surface area contributed by atoms with E-state index in [2.05, 4.69) is 20.1 Å². The number of carbonyl (C=O) groups excluding carboxylic acids is 6. The van der Waals surface area contributed by atoms with Gasteiger partial charge in [-0.3, -0.25) is 9.59 Å².